The minimum absolute atomic E-state index is 0.118. The zero-order chi connectivity index (χ0) is 13.1. The standard InChI is InChI=1S/C13H18O4/c1-13(2,8-14)11(15)9-4-6-10(7-5-9)12(16)17-3/h4-7,11,14-15H,8H2,1-3H3/t11-/m0/s1. The van der Waals surface area contributed by atoms with Crippen LogP contribution < -0.4 is 0 Å². The first kappa shape index (κ1) is 13.7. The van der Waals surface area contributed by atoms with Crippen LogP contribution in [0.15, 0.2) is 24.3 Å². The van der Waals surface area contributed by atoms with Gasteiger partial charge in [0, 0.05) is 5.41 Å². The molecule has 94 valence electrons. The highest BCUT2D eigenvalue weighted by molar-refractivity contribution is 5.89. The SMILES string of the molecule is COC(=O)c1ccc([C@H](O)C(C)(C)CO)cc1. The van der Waals surface area contributed by atoms with E-state index in [1.165, 1.54) is 7.11 Å². The topological polar surface area (TPSA) is 66.8 Å². The Balaban J connectivity index is 2.91. The van der Waals surface area contributed by atoms with Crippen molar-refractivity contribution in [2.24, 2.45) is 5.41 Å². The summed E-state index contributed by atoms with van der Waals surface area (Å²) in [6, 6.07) is 6.51. The lowest BCUT2D eigenvalue weighted by molar-refractivity contribution is 0.00635. The van der Waals surface area contributed by atoms with E-state index >= 15 is 0 Å². The molecule has 0 aromatic heterocycles. The molecule has 0 saturated heterocycles. The van der Waals surface area contributed by atoms with Crippen LogP contribution in [0.1, 0.15) is 35.9 Å². The molecule has 17 heavy (non-hydrogen) atoms. The van der Waals surface area contributed by atoms with Crippen LogP contribution in [-0.4, -0.2) is 29.9 Å². The highest BCUT2D eigenvalue weighted by Gasteiger charge is 2.28. The van der Waals surface area contributed by atoms with E-state index in [2.05, 4.69) is 4.74 Å². The van der Waals surface area contributed by atoms with E-state index in [9.17, 15) is 15.0 Å². The lowest BCUT2D eigenvalue weighted by Crippen LogP contribution is -2.26. The highest BCUT2D eigenvalue weighted by atomic mass is 16.5. The van der Waals surface area contributed by atoms with Gasteiger partial charge in [-0.15, -0.1) is 0 Å². The fourth-order valence-electron chi connectivity index (χ4n) is 1.46. The van der Waals surface area contributed by atoms with Crippen molar-refractivity contribution in [3.8, 4) is 0 Å². The highest BCUT2D eigenvalue weighted by Crippen LogP contribution is 2.32. The molecule has 1 aromatic rings. The van der Waals surface area contributed by atoms with E-state index in [0.717, 1.165) is 0 Å². The van der Waals surface area contributed by atoms with Crippen LogP contribution in [0.25, 0.3) is 0 Å². The van der Waals surface area contributed by atoms with Crippen molar-refractivity contribution in [1.82, 2.24) is 0 Å². The maximum atomic E-state index is 11.2. The van der Waals surface area contributed by atoms with Crippen molar-refractivity contribution in [2.45, 2.75) is 20.0 Å². The number of ether oxygens (including phenoxy) is 1. The first-order chi connectivity index (χ1) is 7.92. The first-order valence-electron chi connectivity index (χ1n) is 5.39. The van der Waals surface area contributed by atoms with Crippen molar-refractivity contribution in [2.75, 3.05) is 13.7 Å². The molecule has 0 bridgehead atoms. The molecule has 0 unspecified atom stereocenters. The van der Waals surface area contributed by atoms with Crippen molar-refractivity contribution < 1.29 is 19.7 Å². The zero-order valence-electron chi connectivity index (χ0n) is 10.3. The Labute approximate surface area is 101 Å². The molecular weight excluding hydrogens is 220 g/mol. The fourth-order valence-corrected chi connectivity index (χ4v) is 1.46. The van der Waals surface area contributed by atoms with Crippen LogP contribution >= 0.6 is 0 Å². The number of aliphatic hydroxyl groups excluding tert-OH is 2. The Morgan fingerprint density at radius 2 is 1.88 bits per heavy atom. The first-order valence-corrected chi connectivity index (χ1v) is 5.39. The maximum absolute atomic E-state index is 11.2. The molecule has 0 amide bonds. The third-order valence-electron chi connectivity index (χ3n) is 2.80. The van der Waals surface area contributed by atoms with E-state index < -0.39 is 17.5 Å². The van der Waals surface area contributed by atoms with Crippen LogP contribution in [0, 0.1) is 5.41 Å². The van der Waals surface area contributed by atoms with Crippen LogP contribution in [0.3, 0.4) is 0 Å². The number of methoxy groups -OCH3 is 1. The molecule has 0 spiro atoms. The van der Waals surface area contributed by atoms with E-state index in [1.54, 1.807) is 38.1 Å². The predicted octanol–water partition coefficient (Wildman–Crippen LogP) is 1.53. The van der Waals surface area contributed by atoms with Crippen molar-refractivity contribution >= 4 is 5.97 Å². The lowest BCUT2D eigenvalue weighted by atomic mass is 9.83. The van der Waals surface area contributed by atoms with Crippen molar-refractivity contribution in [3.05, 3.63) is 35.4 Å². The molecule has 4 nitrogen and oxygen atoms in total. The van der Waals surface area contributed by atoms with Crippen LogP contribution in [0.5, 0.6) is 0 Å². The summed E-state index contributed by atoms with van der Waals surface area (Å²) in [6.45, 7) is 3.42. The third kappa shape index (κ3) is 3.05. The average Bonchev–Trinajstić information content (AvgIpc) is 2.37. The summed E-state index contributed by atoms with van der Waals surface area (Å²) >= 11 is 0. The second-order valence-corrected chi connectivity index (χ2v) is 4.66. The Morgan fingerprint density at radius 3 is 2.29 bits per heavy atom. The number of hydrogen-bond donors (Lipinski definition) is 2. The van der Waals surface area contributed by atoms with Gasteiger partial charge in [0.1, 0.15) is 0 Å². The monoisotopic (exact) mass is 238 g/mol. The fraction of sp³-hybridized carbons (Fsp3) is 0.462. The van der Waals surface area contributed by atoms with Gasteiger partial charge < -0.3 is 14.9 Å². The van der Waals surface area contributed by atoms with Gasteiger partial charge in [-0.1, -0.05) is 26.0 Å². The largest absolute Gasteiger partial charge is 0.465 e. The Hall–Kier alpha value is -1.39. The zero-order valence-corrected chi connectivity index (χ0v) is 10.3. The molecule has 1 rings (SSSR count). The van der Waals surface area contributed by atoms with Gasteiger partial charge in [-0.3, -0.25) is 0 Å². The van der Waals surface area contributed by atoms with Gasteiger partial charge >= 0.3 is 5.97 Å². The molecule has 0 aliphatic rings. The molecule has 0 saturated carbocycles. The molecule has 0 aliphatic heterocycles. The van der Waals surface area contributed by atoms with Gasteiger partial charge in [-0.05, 0) is 17.7 Å². The Kier molecular flexibility index (Phi) is 4.26. The minimum atomic E-state index is -0.779. The summed E-state index contributed by atoms with van der Waals surface area (Å²) < 4.78 is 4.58. The Bertz CT molecular complexity index is 381. The molecule has 0 aliphatic carbocycles. The smallest absolute Gasteiger partial charge is 0.337 e. The molecule has 0 heterocycles. The molecule has 4 heteroatoms. The van der Waals surface area contributed by atoms with E-state index in [4.69, 9.17) is 0 Å². The van der Waals surface area contributed by atoms with Crippen LogP contribution in [0.4, 0.5) is 0 Å². The van der Waals surface area contributed by atoms with Gasteiger partial charge in [0.05, 0.1) is 25.4 Å². The summed E-state index contributed by atoms with van der Waals surface area (Å²) in [5.74, 6) is -0.410. The molecule has 1 atom stereocenters. The summed E-state index contributed by atoms with van der Waals surface area (Å²) in [5.41, 5.74) is 0.481. The van der Waals surface area contributed by atoms with Gasteiger partial charge in [0.2, 0.25) is 0 Å². The van der Waals surface area contributed by atoms with Crippen LogP contribution in [-0.2, 0) is 4.74 Å². The van der Waals surface area contributed by atoms with E-state index in [0.29, 0.717) is 11.1 Å². The molecule has 2 N–H and O–H groups in total. The van der Waals surface area contributed by atoms with Gasteiger partial charge in [-0.25, -0.2) is 4.79 Å². The second-order valence-electron chi connectivity index (χ2n) is 4.66. The Morgan fingerprint density at radius 1 is 1.35 bits per heavy atom. The molecule has 0 radical (unpaired) electrons. The quantitative estimate of drug-likeness (QED) is 0.780. The number of carbonyl (C=O) groups excluding carboxylic acids is 1. The number of hydrogen-bond acceptors (Lipinski definition) is 4. The normalized spacial score (nSPS) is 13.2. The minimum Gasteiger partial charge on any atom is -0.465 e. The maximum Gasteiger partial charge on any atom is 0.337 e. The lowest BCUT2D eigenvalue weighted by Gasteiger charge is -2.28. The summed E-state index contributed by atoms with van der Waals surface area (Å²) in [4.78, 5) is 11.2. The number of esters is 1. The molecule has 1 aromatic carbocycles. The third-order valence-corrected chi connectivity index (χ3v) is 2.80. The number of rotatable bonds is 4. The predicted molar refractivity (Wildman–Crippen MR) is 63.6 cm³/mol. The summed E-state index contributed by atoms with van der Waals surface area (Å²) in [6.07, 6.45) is -0.779. The summed E-state index contributed by atoms with van der Waals surface area (Å²) in [7, 11) is 1.32. The second kappa shape index (κ2) is 5.29. The van der Waals surface area contributed by atoms with Crippen molar-refractivity contribution in [3.63, 3.8) is 0 Å². The van der Waals surface area contributed by atoms with Gasteiger partial charge in [0.15, 0.2) is 0 Å². The number of aliphatic hydroxyl groups is 2. The van der Waals surface area contributed by atoms with E-state index in [-0.39, 0.29) is 6.61 Å². The molecular formula is C13H18O4. The van der Waals surface area contributed by atoms with Crippen molar-refractivity contribution in [1.29, 1.82) is 0 Å². The van der Waals surface area contributed by atoms with Gasteiger partial charge in [0.25, 0.3) is 0 Å². The summed E-state index contributed by atoms with van der Waals surface area (Å²) in [5, 5.41) is 19.2. The van der Waals surface area contributed by atoms with Crippen LogP contribution in [0.2, 0.25) is 0 Å². The average molecular weight is 238 g/mol. The number of benzene rings is 1. The van der Waals surface area contributed by atoms with E-state index in [1.807, 2.05) is 0 Å². The van der Waals surface area contributed by atoms with Gasteiger partial charge in [-0.2, -0.15) is 0 Å². The number of carbonyl (C=O) groups is 1. The molecule has 0 fully saturated rings.